The van der Waals surface area contributed by atoms with E-state index in [1.807, 2.05) is 0 Å². The van der Waals surface area contributed by atoms with Crippen LogP contribution in [0.3, 0.4) is 0 Å². The Morgan fingerprint density at radius 1 is 1.12 bits per heavy atom. The third kappa shape index (κ3) is 4.77. The van der Waals surface area contributed by atoms with Gasteiger partial charge in [-0.05, 0) is 6.92 Å². The molecule has 0 amide bonds. The molecule has 0 aromatic rings. The molecule has 0 aliphatic rings. The highest BCUT2D eigenvalue weighted by molar-refractivity contribution is 5.76. The predicted octanol–water partition coefficient (Wildman–Crippen LogP) is 0.290. The number of rotatable bonds is 5. The highest BCUT2D eigenvalue weighted by Crippen LogP contribution is 2.14. The van der Waals surface area contributed by atoms with E-state index < -0.39 is 29.9 Å². The number of carbonyl (C=O) groups excluding carboxylic acids is 3. The molecule has 0 spiro atoms. The fourth-order valence-electron chi connectivity index (χ4n) is 1.12. The Labute approximate surface area is 93.8 Å². The summed E-state index contributed by atoms with van der Waals surface area (Å²) >= 11 is 0. The summed E-state index contributed by atoms with van der Waals surface area (Å²) in [6.45, 7) is 2.72. The molecule has 0 aromatic carbocycles. The number of hydrogen-bond donors (Lipinski definition) is 0. The Bertz CT molecular complexity index is 272. The molecule has 0 heterocycles. The maximum Gasteiger partial charge on any atom is 0.312 e. The van der Waals surface area contributed by atoms with Crippen molar-refractivity contribution in [2.24, 2.45) is 5.92 Å². The second-order valence-corrected chi connectivity index (χ2v) is 3.24. The Hall–Kier alpha value is -1.59. The molecule has 0 bridgehead atoms. The van der Waals surface area contributed by atoms with E-state index in [9.17, 15) is 14.4 Å². The van der Waals surface area contributed by atoms with Crippen LogP contribution in [-0.2, 0) is 28.6 Å². The van der Waals surface area contributed by atoms with E-state index >= 15 is 0 Å². The van der Waals surface area contributed by atoms with Crippen LogP contribution < -0.4 is 0 Å². The van der Waals surface area contributed by atoms with Crippen molar-refractivity contribution in [3.63, 3.8) is 0 Å². The first kappa shape index (κ1) is 14.4. The zero-order valence-corrected chi connectivity index (χ0v) is 9.81. The van der Waals surface area contributed by atoms with Crippen molar-refractivity contribution in [1.82, 2.24) is 0 Å². The van der Waals surface area contributed by atoms with E-state index in [-0.39, 0.29) is 6.42 Å². The molecule has 0 N–H and O–H groups in total. The lowest BCUT2D eigenvalue weighted by atomic mass is 10.0. The molecule has 0 rings (SSSR count). The fourth-order valence-corrected chi connectivity index (χ4v) is 1.12. The fraction of sp³-hybridized carbons (Fsp3) is 0.700. The molecule has 2 unspecified atom stereocenters. The second-order valence-electron chi connectivity index (χ2n) is 3.24. The summed E-state index contributed by atoms with van der Waals surface area (Å²) in [6, 6.07) is 0. The van der Waals surface area contributed by atoms with Crippen LogP contribution in [0.25, 0.3) is 0 Å². The van der Waals surface area contributed by atoms with E-state index in [2.05, 4.69) is 9.47 Å². The van der Waals surface area contributed by atoms with Gasteiger partial charge in [-0.25, -0.2) is 0 Å². The molecule has 0 aliphatic heterocycles. The molecule has 0 aliphatic carbocycles. The average molecular weight is 232 g/mol. The Balaban J connectivity index is 4.58. The van der Waals surface area contributed by atoms with E-state index in [4.69, 9.17) is 4.74 Å². The Morgan fingerprint density at radius 2 is 1.69 bits per heavy atom. The molecular formula is C10H16O6. The topological polar surface area (TPSA) is 78.9 Å². The second kappa shape index (κ2) is 6.81. The van der Waals surface area contributed by atoms with Crippen LogP contribution in [0.4, 0.5) is 0 Å². The Morgan fingerprint density at radius 3 is 2.06 bits per heavy atom. The van der Waals surface area contributed by atoms with E-state index in [0.29, 0.717) is 0 Å². The average Bonchev–Trinajstić information content (AvgIpc) is 2.25. The quantitative estimate of drug-likeness (QED) is 0.500. The maximum absolute atomic E-state index is 11.2. The van der Waals surface area contributed by atoms with Crippen molar-refractivity contribution < 1.29 is 28.6 Å². The molecule has 16 heavy (non-hydrogen) atoms. The van der Waals surface area contributed by atoms with Gasteiger partial charge in [0.05, 0.1) is 26.6 Å². The van der Waals surface area contributed by atoms with Gasteiger partial charge >= 0.3 is 17.9 Å². The first-order valence-electron chi connectivity index (χ1n) is 4.74. The van der Waals surface area contributed by atoms with Crippen LogP contribution in [0.15, 0.2) is 0 Å². The highest BCUT2D eigenvalue weighted by atomic mass is 16.6. The highest BCUT2D eigenvalue weighted by Gasteiger charge is 2.29. The van der Waals surface area contributed by atoms with Gasteiger partial charge in [0.15, 0.2) is 0 Å². The zero-order chi connectivity index (χ0) is 12.7. The van der Waals surface area contributed by atoms with Crippen molar-refractivity contribution in [3.8, 4) is 0 Å². The smallest absolute Gasteiger partial charge is 0.312 e. The molecule has 0 aromatic heterocycles. The monoisotopic (exact) mass is 232 g/mol. The van der Waals surface area contributed by atoms with Crippen LogP contribution >= 0.6 is 0 Å². The number of carbonyl (C=O) groups is 3. The Kier molecular flexibility index (Phi) is 6.14. The summed E-state index contributed by atoms with van der Waals surface area (Å²) in [6.07, 6.45) is -1.04. The number of ether oxygens (including phenoxy) is 3. The van der Waals surface area contributed by atoms with Crippen LogP contribution in [-0.4, -0.2) is 38.2 Å². The van der Waals surface area contributed by atoms with Gasteiger partial charge in [-0.2, -0.15) is 0 Å². The minimum absolute atomic E-state index is 0.174. The first-order chi connectivity index (χ1) is 7.42. The van der Waals surface area contributed by atoms with Gasteiger partial charge < -0.3 is 14.2 Å². The standard InChI is InChI=1S/C10H16O6/c1-6(10(13)15-4)8(16-7(2)11)5-9(12)14-3/h6,8H,5H2,1-4H3. The lowest BCUT2D eigenvalue weighted by Gasteiger charge is -2.20. The summed E-state index contributed by atoms with van der Waals surface area (Å²) < 4.78 is 13.8. The minimum atomic E-state index is -0.864. The first-order valence-corrected chi connectivity index (χ1v) is 4.74. The van der Waals surface area contributed by atoms with Gasteiger partial charge in [0.2, 0.25) is 0 Å². The summed E-state index contributed by atoms with van der Waals surface area (Å²) in [5.74, 6) is -2.38. The largest absolute Gasteiger partial charge is 0.469 e. The normalized spacial score (nSPS) is 13.5. The minimum Gasteiger partial charge on any atom is -0.469 e. The molecule has 92 valence electrons. The summed E-state index contributed by atoms with van der Waals surface area (Å²) in [7, 11) is 2.44. The molecule has 0 fully saturated rings. The van der Waals surface area contributed by atoms with Crippen molar-refractivity contribution in [2.45, 2.75) is 26.4 Å². The van der Waals surface area contributed by atoms with Crippen LogP contribution in [0, 0.1) is 5.92 Å². The predicted molar refractivity (Wildman–Crippen MR) is 53.4 cm³/mol. The molecule has 0 saturated heterocycles. The van der Waals surface area contributed by atoms with E-state index in [1.54, 1.807) is 0 Å². The van der Waals surface area contributed by atoms with Gasteiger partial charge in [-0.1, -0.05) is 0 Å². The molecule has 2 atom stereocenters. The van der Waals surface area contributed by atoms with E-state index in [1.165, 1.54) is 28.1 Å². The molecular weight excluding hydrogens is 216 g/mol. The SMILES string of the molecule is COC(=O)CC(OC(C)=O)C(C)C(=O)OC. The third-order valence-electron chi connectivity index (χ3n) is 2.04. The molecule has 6 nitrogen and oxygen atoms in total. The number of methoxy groups -OCH3 is 2. The summed E-state index contributed by atoms with van der Waals surface area (Å²) in [5.41, 5.74) is 0. The van der Waals surface area contributed by atoms with Crippen molar-refractivity contribution in [3.05, 3.63) is 0 Å². The van der Waals surface area contributed by atoms with Crippen LogP contribution in [0.1, 0.15) is 20.3 Å². The van der Waals surface area contributed by atoms with Gasteiger partial charge in [-0.3, -0.25) is 14.4 Å². The number of hydrogen-bond acceptors (Lipinski definition) is 6. The van der Waals surface area contributed by atoms with Crippen LogP contribution in [0.2, 0.25) is 0 Å². The summed E-state index contributed by atoms with van der Waals surface area (Å²) in [4.78, 5) is 33.1. The van der Waals surface area contributed by atoms with Crippen molar-refractivity contribution in [1.29, 1.82) is 0 Å². The lowest BCUT2D eigenvalue weighted by molar-refractivity contribution is -0.161. The van der Waals surface area contributed by atoms with E-state index in [0.717, 1.165) is 0 Å². The molecule has 0 radical (unpaired) electrons. The van der Waals surface area contributed by atoms with Gasteiger partial charge in [0.25, 0.3) is 0 Å². The third-order valence-corrected chi connectivity index (χ3v) is 2.04. The van der Waals surface area contributed by atoms with Crippen molar-refractivity contribution in [2.75, 3.05) is 14.2 Å². The van der Waals surface area contributed by atoms with Gasteiger partial charge in [-0.15, -0.1) is 0 Å². The van der Waals surface area contributed by atoms with Gasteiger partial charge in [0.1, 0.15) is 6.10 Å². The molecule has 6 heteroatoms. The lowest BCUT2D eigenvalue weighted by Crippen LogP contribution is -2.33. The summed E-state index contributed by atoms with van der Waals surface area (Å²) in [5, 5.41) is 0. The van der Waals surface area contributed by atoms with Gasteiger partial charge in [0, 0.05) is 6.92 Å². The maximum atomic E-state index is 11.2. The van der Waals surface area contributed by atoms with Crippen molar-refractivity contribution >= 4 is 17.9 Å². The van der Waals surface area contributed by atoms with Crippen LogP contribution in [0.5, 0.6) is 0 Å². The molecule has 0 saturated carbocycles. The zero-order valence-electron chi connectivity index (χ0n) is 9.81. The number of esters is 3.